The van der Waals surface area contributed by atoms with Crippen molar-refractivity contribution in [3.8, 4) is 11.8 Å². The molecule has 0 heterocycles. The van der Waals surface area contributed by atoms with Crippen molar-refractivity contribution in [3.63, 3.8) is 0 Å². The van der Waals surface area contributed by atoms with Gasteiger partial charge in [-0.25, -0.2) is 0 Å². The van der Waals surface area contributed by atoms with Crippen LogP contribution in [0.15, 0.2) is 0 Å². The Labute approximate surface area is 72.5 Å². The number of halogens is 1. The highest BCUT2D eigenvalue weighted by atomic mass is 79.9. The molecule has 0 nitrogen and oxygen atoms in total. The lowest BCUT2D eigenvalue weighted by atomic mass is 10.0. The van der Waals surface area contributed by atoms with E-state index in [1.807, 2.05) is 6.92 Å². The Morgan fingerprint density at radius 1 is 1.40 bits per heavy atom. The van der Waals surface area contributed by atoms with Gasteiger partial charge in [-0.1, -0.05) is 29.8 Å². The number of hydrogen-bond donors (Lipinski definition) is 0. The molecule has 0 aliphatic rings. The molecule has 0 radical (unpaired) electrons. The molecule has 2 unspecified atom stereocenters. The minimum Gasteiger partial charge on any atom is -0.107 e. The zero-order valence-electron chi connectivity index (χ0n) is 6.95. The third-order valence-corrected chi connectivity index (χ3v) is 1.73. The second-order valence-corrected chi connectivity index (χ2v) is 4.32. The maximum atomic E-state index is 3.52. The molecule has 58 valence electrons. The van der Waals surface area contributed by atoms with E-state index in [-0.39, 0.29) is 0 Å². The molecule has 0 saturated carbocycles. The number of hydrogen-bond acceptors (Lipinski definition) is 0. The van der Waals surface area contributed by atoms with Gasteiger partial charge < -0.3 is 0 Å². The standard InChI is InChI=1S/C9H15Br/c1-4-5-6-8(2)7-9(3)10/h8-9H,6-7H2,1-3H3. The first-order valence-corrected chi connectivity index (χ1v) is 4.62. The Kier molecular flexibility index (Phi) is 5.82. The van der Waals surface area contributed by atoms with Gasteiger partial charge in [0.1, 0.15) is 0 Å². The van der Waals surface area contributed by atoms with Crippen LogP contribution in [0.4, 0.5) is 0 Å². The SMILES string of the molecule is CC#CCC(C)CC(C)Br. The largest absolute Gasteiger partial charge is 0.107 e. The van der Waals surface area contributed by atoms with Crippen LogP contribution >= 0.6 is 15.9 Å². The van der Waals surface area contributed by atoms with E-state index in [0.29, 0.717) is 4.83 Å². The predicted octanol–water partition coefficient (Wildman–Crippen LogP) is 3.21. The van der Waals surface area contributed by atoms with Gasteiger partial charge in [-0.15, -0.1) is 11.8 Å². The molecule has 0 spiro atoms. The molecular weight excluding hydrogens is 188 g/mol. The maximum Gasteiger partial charge on any atom is 0.0120 e. The quantitative estimate of drug-likeness (QED) is 0.488. The minimum atomic E-state index is 0.626. The van der Waals surface area contributed by atoms with E-state index in [4.69, 9.17) is 0 Å². The summed E-state index contributed by atoms with van der Waals surface area (Å²) in [6, 6.07) is 0. The van der Waals surface area contributed by atoms with E-state index >= 15 is 0 Å². The average Bonchev–Trinajstić information content (AvgIpc) is 1.82. The molecule has 0 amide bonds. The van der Waals surface area contributed by atoms with Crippen molar-refractivity contribution >= 4 is 15.9 Å². The predicted molar refractivity (Wildman–Crippen MR) is 50.2 cm³/mol. The molecule has 0 saturated heterocycles. The van der Waals surface area contributed by atoms with E-state index in [9.17, 15) is 0 Å². The lowest BCUT2D eigenvalue weighted by molar-refractivity contribution is 0.550. The zero-order valence-corrected chi connectivity index (χ0v) is 8.53. The van der Waals surface area contributed by atoms with Crippen molar-refractivity contribution in [2.45, 2.75) is 38.4 Å². The molecule has 0 N–H and O–H groups in total. The minimum absolute atomic E-state index is 0.626. The number of alkyl halides is 1. The summed E-state index contributed by atoms with van der Waals surface area (Å²) >= 11 is 3.52. The lowest BCUT2D eigenvalue weighted by Crippen LogP contribution is -2.00. The van der Waals surface area contributed by atoms with Crippen LogP contribution in [0.1, 0.15) is 33.6 Å². The Morgan fingerprint density at radius 2 is 2.00 bits per heavy atom. The summed E-state index contributed by atoms with van der Waals surface area (Å²) in [4.78, 5) is 0.626. The number of rotatable bonds is 3. The van der Waals surface area contributed by atoms with E-state index in [1.165, 1.54) is 6.42 Å². The van der Waals surface area contributed by atoms with Crippen LogP contribution in [0.3, 0.4) is 0 Å². The van der Waals surface area contributed by atoms with Crippen LogP contribution in [-0.4, -0.2) is 4.83 Å². The fourth-order valence-corrected chi connectivity index (χ4v) is 1.55. The molecule has 0 aliphatic carbocycles. The smallest absolute Gasteiger partial charge is 0.0120 e. The molecule has 0 fully saturated rings. The van der Waals surface area contributed by atoms with E-state index in [2.05, 4.69) is 41.6 Å². The van der Waals surface area contributed by atoms with Crippen LogP contribution in [0.5, 0.6) is 0 Å². The zero-order chi connectivity index (χ0) is 7.98. The molecule has 0 aromatic heterocycles. The molecule has 1 heteroatoms. The fraction of sp³-hybridized carbons (Fsp3) is 0.778. The third-order valence-electron chi connectivity index (χ3n) is 1.35. The monoisotopic (exact) mass is 202 g/mol. The summed E-state index contributed by atoms with van der Waals surface area (Å²) in [5, 5.41) is 0. The molecule has 0 aromatic rings. The molecule has 0 aliphatic heterocycles. The van der Waals surface area contributed by atoms with Crippen LogP contribution < -0.4 is 0 Å². The van der Waals surface area contributed by atoms with Gasteiger partial charge in [-0.3, -0.25) is 0 Å². The molecule has 0 aromatic carbocycles. The molecule has 0 rings (SSSR count). The highest BCUT2D eigenvalue weighted by molar-refractivity contribution is 9.09. The Morgan fingerprint density at radius 3 is 2.40 bits per heavy atom. The van der Waals surface area contributed by atoms with Crippen molar-refractivity contribution in [3.05, 3.63) is 0 Å². The van der Waals surface area contributed by atoms with Gasteiger partial charge in [-0.05, 0) is 19.3 Å². The van der Waals surface area contributed by atoms with Gasteiger partial charge in [0.05, 0.1) is 0 Å². The molecular formula is C9H15Br. The summed E-state index contributed by atoms with van der Waals surface area (Å²) in [5.41, 5.74) is 0. The summed E-state index contributed by atoms with van der Waals surface area (Å²) in [6.07, 6.45) is 2.25. The first-order valence-electron chi connectivity index (χ1n) is 3.70. The van der Waals surface area contributed by atoms with Crippen LogP contribution in [0, 0.1) is 17.8 Å². The Bertz CT molecular complexity index is 127. The summed E-state index contributed by atoms with van der Waals surface area (Å²) in [6.45, 7) is 6.31. The lowest BCUT2D eigenvalue weighted by Gasteiger charge is -2.08. The van der Waals surface area contributed by atoms with Gasteiger partial charge >= 0.3 is 0 Å². The normalized spacial score (nSPS) is 15.2. The highest BCUT2D eigenvalue weighted by Gasteiger charge is 2.03. The van der Waals surface area contributed by atoms with Gasteiger partial charge in [0.15, 0.2) is 0 Å². The van der Waals surface area contributed by atoms with Crippen molar-refractivity contribution in [2.75, 3.05) is 0 Å². The summed E-state index contributed by atoms with van der Waals surface area (Å²) < 4.78 is 0. The maximum absolute atomic E-state index is 3.52. The van der Waals surface area contributed by atoms with Gasteiger partial charge in [-0.2, -0.15) is 0 Å². The van der Waals surface area contributed by atoms with Crippen LogP contribution in [-0.2, 0) is 0 Å². The first-order chi connectivity index (χ1) is 4.66. The topological polar surface area (TPSA) is 0 Å². The second-order valence-electron chi connectivity index (χ2n) is 2.75. The van der Waals surface area contributed by atoms with Gasteiger partial charge in [0.25, 0.3) is 0 Å². The molecule has 10 heavy (non-hydrogen) atoms. The van der Waals surface area contributed by atoms with Crippen LogP contribution in [0.25, 0.3) is 0 Å². The van der Waals surface area contributed by atoms with Gasteiger partial charge in [0, 0.05) is 11.2 Å². The van der Waals surface area contributed by atoms with Crippen molar-refractivity contribution in [1.82, 2.24) is 0 Å². The van der Waals surface area contributed by atoms with Crippen molar-refractivity contribution in [2.24, 2.45) is 5.92 Å². The highest BCUT2D eigenvalue weighted by Crippen LogP contribution is 2.14. The van der Waals surface area contributed by atoms with E-state index in [1.54, 1.807) is 0 Å². The first kappa shape index (κ1) is 10.0. The van der Waals surface area contributed by atoms with Crippen molar-refractivity contribution < 1.29 is 0 Å². The van der Waals surface area contributed by atoms with E-state index in [0.717, 1.165) is 12.3 Å². The van der Waals surface area contributed by atoms with Gasteiger partial charge in [0.2, 0.25) is 0 Å². The molecule has 0 bridgehead atoms. The Hall–Kier alpha value is 0.0400. The Balaban J connectivity index is 3.40. The fourth-order valence-electron chi connectivity index (χ4n) is 0.914. The van der Waals surface area contributed by atoms with Crippen molar-refractivity contribution in [1.29, 1.82) is 0 Å². The summed E-state index contributed by atoms with van der Waals surface area (Å²) in [7, 11) is 0. The van der Waals surface area contributed by atoms with E-state index < -0.39 is 0 Å². The third kappa shape index (κ3) is 6.16. The summed E-state index contributed by atoms with van der Waals surface area (Å²) in [5.74, 6) is 6.71. The second kappa shape index (κ2) is 5.80. The van der Waals surface area contributed by atoms with Crippen LogP contribution in [0.2, 0.25) is 0 Å². The molecule has 2 atom stereocenters. The average molecular weight is 203 g/mol.